The second kappa shape index (κ2) is 7.44. The van der Waals surface area contributed by atoms with Crippen LogP contribution in [0.15, 0.2) is 72.4 Å². The van der Waals surface area contributed by atoms with Crippen molar-refractivity contribution >= 4 is 28.2 Å². The van der Waals surface area contributed by atoms with Gasteiger partial charge in [0.2, 0.25) is 5.13 Å². The van der Waals surface area contributed by atoms with Crippen molar-refractivity contribution in [2.75, 3.05) is 10.2 Å². The van der Waals surface area contributed by atoms with Crippen molar-refractivity contribution in [1.29, 1.82) is 0 Å². The van der Waals surface area contributed by atoms with E-state index in [0.29, 0.717) is 10.7 Å². The van der Waals surface area contributed by atoms with Crippen molar-refractivity contribution in [3.63, 3.8) is 0 Å². The lowest BCUT2D eigenvalue weighted by Crippen LogP contribution is -2.22. The minimum Gasteiger partial charge on any atom is -0.348 e. The SMILES string of the molecule is O=C(Nc1nncs1)c1ccc(N2Cc3ccccc3-c3ccccc3C2)nc1. The van der Waals surface area contributed by atoms with Crippen molar-refractivity contribution in [3.8, 4) is 11.1 Å². The summed E-state index contributed by atoms with van der Waals surface area (Å²) in [5.74, 6) is 0.594. The van der Waals surface area contributed by atoms with Crippen LogP contribution >= 0.6 is 11.3 Å². The maximum absolute atomic E-state index is 12.4. The predicted octanol–water partition coefficient (Wildman–Crippen LogP) is 4.37. The Labute approximate surface area is 171 Å². The molecule has 0 aliphatic carbocycles. The summed E-state index contributed by atoms with van der Waals surface area (Å²) in [5, 5.41) is 10.8. The molecule has 142 valence electrons. The third kappa shape index (κ3) is 3.48. The number of aromatic nitrogens is 3. The second-order valence-electron chi connectivity index (χ2n) is 6.77. The molecule has 0 atom stereocenters. The number of carbonyl (C=O) groups excluding carboxylic acids is 1. The zero-order valence-electron chi connectivity index (χ0n) is 15.4. The molecule has 0 fully saturated rings. The summed E-state index contributed by atoms with van der Waals surface area (Å²) in [7, 11) is 0. The van der Waals surface area contributed by atoms with E-state index in [1.807, 2.05) is 6.07 Å². The van der Waals surface area contributed by atoms with Crippen molar-refractivity contribution in [3.05, 3.63) is 89.1 Å². The highest BCUT2D eigenvalue weighted by atomic mass is 32.1. The molecule has 0 saturated carbocycles. The van der Waals surface area contributed by atoms with Gasteiger partial charge in [0.25, 0.3) is 5.91 Å². The first kappa shape index (κ1) is 17.5. The van der Waals surface area contributed by atoms with E-state index in [-0.39, 0.29) is 5.91 Å². The third-order valence-electron chi connectivity index (χ3n) is 4.96. The van der Waals surface area contributed by atoms with Crippen LogP contribution in [-0.4, -0.2) is 21.1 Å². The minimum atomic E-state index is -0.243. The van der Waals surface area contributed by atoms with Crippen molar-refractivity contribution in [2.24, 2.45) is 0 Å². The molecule has 0 unspecified atom stereocenters. The van der Waals surface area contributed by atoms with Gasteiger partial charge in [-0.3, -0.25) is 10.1 Å². The maximum atomic E-state index is 12.4. The third-order valence-corrected chi connectivity index (χ3v) is 5.57. The van der Waals surface area contributed by atoms with E-state index in [9.17, 15) is 4.79 Å². The normalized spacial score (nSPS) is 12.6. The zero-order valence-corrected chi connectivity index (χ0v) is 16.3. The quantitative estimate of drug-likeness (QED) is 0.554. The molecular weight excluding hydrogens is 382 g/mol. The van der Waals surface area contributed by atoms with Gasteiger partial charge in [-0.05, 0) is 34.4 Å². The standard InChI is InChI=1S/C22H17N5OS/c28-21(25-22-26-24-14-29-22)15-9-10-20(23-11-15)27-12-16-5-1-3-7-18(16)19-8-4-2-6-17(19)13-27/h1-11,14H,12-13H2,(H,25,26,28). The van der Waals surface area contributed by atoms with E-state index < -0.39 is 0 Å². The summed E-state index contributed by atoms with van der Waals surface area (Å²) in [6.45, 7) is 1.52. The average molecular weight is 399 g/mol. The largest absolute Gasteiger partial charge is 0.348 e. The predicted molar refractivity (Wildman–Crippen MR) is 114 cm³/mol. The molecule has 0 saturated heterocycles. The number of nitrogens with one attached hydrogen (secondary N) is 1. The molecule has 0 bridgehead atoms. The number of anilines is 2. The lowest BCUT2D eigenvalue weighted by molar-refractivity contribution is 0.102. The van der Waals surface area contributed by atoms with Gasteiger partial charge in [-0.2, -0.15) is 0 Å². The van der Waals surface area contributed by atoms with Crippen LogP contribution < -0.4 is 10.2 Å². The van der Waals surface area contributed by atoms with Crippen LogP contribution in [0.2, 0.25) is 0 Å². The van der Waals surface area contributed by atoms with E-state index in [1.54, 1.807) is 17.8 Å². The van der Waals surface area contributed by atoms with Gasteiger partial charge in [-0.25, -0.2) is 4.98 Å². The lowest BCUT2D eigenvalue weighted by atomic mass is 9.97. The highest BCUT2D eigenvalue weighted by Gasteiger charge is 2.20. The number of carbonyl (C=O) groups is 1. The Morgan fingerprint density at radius 1 is 0.931 bits per heavy atom. The molecule has 1 aliphatic rings. The highest BCUT2D eigenvalue weighted by Crippen LogP contribution is 2.33. The van der Waals surface area contributed by atoms with E-state index >= 15 is 0 Å². The van der Waals surface area contributed by atoms with Gasteiger partial charge in [0.1, 0.15) is 11.3 Å². The number of rotatable bonds is 3. The Morgan fingerprint density at radius 3 is 2.21 bits per heavy atom. The fraction of sp³-hybridized carbons (Fsp3) is 0.0909. The average Bonchev–Trinajstić information content (AvgIpc) is 3.21. The Bertz CT molecular complexity index is 1110. The van der Waals surface area contributed by atoms with Crippen LogP contribution in [-0.2, 0) is 13.1 Å². The van der Waals surface area contributed by atoms with Gasteiger partial charge in [0, 0.05) is 19.3 Å². The Kier molecular flexibility index (Phi) is 4.50. The van der Waals surface area contributed by atoms with Gasteiger partial charge in [0.05, 0.1) is 5.56 Å². The van der Waals surface area contributed by atoms with Crippen molar-refractivity contribution < 1.29 is 4.79 Å². The number of nitrogens with zero attached hydrogens (tertiary/aromatic N) is 4. The number of hydrogen-bond donors (Lipinski definition) is 1. The van der Waals surface area contributed by atoms with Gasteiger partial charge >= 0.3 is 0 Å². The van der Waals surface area contributed by atoms with Crippen molar-refractivity contribution in [1.82, 2.24) is 15.2 Å². The fourth-order valence-electron chi connectivity index (χ4n) is 3.58. The highest BCUT2D eigenvalue weighted by molar-refractivity contribution is 7.13. The number of amides is 1. The first-order valence-electron chi connectivity index (χ1n) is 9.22. The molecule has 1 N–H and O–H groups in total. The zero-order chi connectivity index (χ0) is 19.6. The summed E-state index contributed by atoms with van der Waals surface area (Å²) in [6, 6.07) is 20.6. The van der Waals surface area contributed by atoms with Crippen LogP contribution in [0.5, 0.6) is 0 Å². The maximum Gasteiger partial charge on any atom is 0.259 e. The van der Waals surface area contributed by atoms with E-state index in [4.69, 9.17) is 0 Å². The molecule has 29 heavy (non-hydrogen) atoms. The Morgan fingerprint density at radius 2 is 1.62 bits per heavy atom. The molecular formula is C22H17N5OS. The molecule has 0 spiro atoms. The molecule has 5 rings (SSSR count). The topological polar surface area (TPSA) is 71.0 Å². The fourth-order valence-corrected chi connectivity index (χ4v) is 4.02. The van der Waals surface area contributed by atoms with Gasteiger partial charge < -0.3 is 4.90 Å². The van der Waals surface area contributed by atoms with Crippen LogP contribution in [0.4, 0.5) is 10.9 Å². The summed E-state index contributed by atoms with van der Waals surface area (Å²) in [6.07, 6.45) is 1.61. The lowest BCUT2D eigenvalue weighted by Gasteiger charge is -2.22. The number of pyridine rings is 1. The first-order chi connectivity index (χ1) is 14.3. The number of hydrogen-bond acceptors (Lipinski definition) is 6. The molecule has 4 aromatic rings. The van der Waals surface area contributed by atoms with Gasteiger partial charge in [-0.15, -0.1) is 10.2 Å². The van der Waals surface area contributed by atoms with Gasteiger partial charge in [0.15, 0.2) is 0 Å². The molecule has 2 aromatic heterocycles. The van der Waals surface area contributed by atoms with E-state index in [0.717, 1.165) is 18.9 Å². The number of benzene rings is 2. The molecule has 1 amide bonds. The number of fused-ring (bicyclic) bond motifs is 3. The smallest absolute Gasteiger partial charge is 0.259 e. The summed E-state index contributed by atoms with van der Waals surface area (Å²) < 4.78 is 0. The van der Waals surface area contributed by atoms with E-state index in [1.165, 1.54) is 33.6 Å². The molecule has 3 heterocycles. The van der Waals surface area contributed by atoms with Crippen molar-refractivity contribution in [2.45, 2.75) is 13.1 Å². The van der Waals surface area contributed by atoms with Crippen LogP contribution in [0.25, 0.3) is 11.1 Å². The van der Waals surface area contributed by atoms with Crippen LogP contribution in [0.1, 0.15) is 21.5 Å². The molecule has 0 radical (unpaired) electrons. The minimum absolute atomic E-state index is 0.243. The molecule has 7 heteroatoms. The monoisotopic (exact) mass is 399 g/mol. The molecule has 2 aromatic carbocycles. The molecule has 6 nitrogen and oxygen atoms in total. The van der Waals surface area contributed by atoms with Gasteiger partial charge in [-0.1, -0.05) is 59.9 Å². The summed E-state index contributed by atoms with van der Waals surface area (Å²) >= 11 is 1.28. The Balaban J connectivity index is 1.43. The molecule has 1 aliphatic heterocycles. The van der Waals surface area contributed by atoms with E-state index in [2.05, 4.69) is 73.9 Å². The summed E-state index contributed by atoms with van der Waals surface area (Å²) in [5.41, 5.74) is 7.11. The first-order valence-corrected chi connectivity index (χ1v) is 10.1. The summed E-state index contributed by atoms with van der Waals surface area (Å²) in [4.78, 5) is 19.2. The van der Waals surface area contributed by atoms with Crippen LogP contribution in [0.3, 0.4) is 0 Å². The second-order valence-corrected chi connectivity index (χ2v) is 7.61. The van der Waals surface area contributed by atoms with Crippen LogP contribution in [0, 0.1) is 0 Å². The Hall–Kier alpha value is -3.58.